The highest BCUT2D eigenvalue weighted by atomic mass is 15.1. The smallest absolute Gasteiger partial charge is 0.137 e. The monoisotopic (exact) mass is 372 g/mol. The Morgan fingerprint density at radius 3 is 2.86 bits per heavy atom. The third kappa shape index (κ3) is 2.96. The van der Waals surface area contributed by atoms with Crippen molar-refractivity contribution in [3.63, 3.8) is 0 Å². The summed E-state index contributed by atoms with van der Waals surface area (Å²) in [6.07, 6.45) is 7.82. The lowest BCUT2D eigenvalue weighted by molar-refractivity contribution is 0.264. The Hall–Kier alpha value is -3.12. The van der Waals surface area contributed by atoms with E-state index in [1.165, 1.54) is 0 Å². The molecule has 6 nitrogen and oxygen atoms in total. The average Bonchev–Trinajstić information content (AvgIpc) is 3.15. The topological polar surface area (TPSA) is 82.9 Å². The van der Waals surface area contributed by atoms with Crippen LogP contribution in [-0.2, 0) is 0 Å². The Morgan fingerprint density at radius 2 is 2.00 bits per heavy atom. The van der Waals surface area contributed by atoms with Gasteiger partial charge in [-0.2, -0.15) is 0 Å². The number of nitrogens with zero attached hydrogens (tertiary/aromatic N) is 3. The van der Waals surface area contributed by atoms with Crippen LogP contribution < -0.4 is 11.1 Å². The van der Waals surface area contributed by atoms with Gasteiger partial charge in [-0.3, -0.25) is 4.98 Å². The molecular formula is C22H24N6. The van der Waals surface area contributed by atoms with E-state index in [0.29, 0.717) is 11.7 Å². The first-order chi connectivity index (χ1) is 13.7. The Labute approximate surface area is 163 Å². The van der Waals surface area contributed by atoms with Gasteiger partial charge in [0.15, 0.2) is 0 Å². The van der Waals surface area contributed by atoms with Crippen molar-refractivity contribution in [1.29, 1.82) is 0 Å². The molecule has 3 aromatic heterocycles. The van der Waals surface area contributed by atoms with Crippen LogP contribution in [-0.4, -0.2) is 46.0 Å². The SMILES string of the molecule is CN1CCC(Nc2c(N)cnc3ccc(-c4c[nH]c5ncccc45)cc23)CC1. The molecule has 5 rings (SSSR count). The summed E-state index contributed by atoms with van der Waals surface area (Å²) < 4.78 is 0. The molecule has 1 aliphatic heterocycles. The molecule has 0 saturated carbocycles. The lowest BCUT2D eigenvalue weighted by atomic mass is 10.0. The Kier molecular flexibility index (Phi) is 4.13. The first kappa shape index (κ1) is 17.0. The maximum absolute atomic E-state index is 6.34. The van der Waals surface area contributed by atoms with Crippen molar-refractivity contribution in [1.82, 2.24) is 19.9 Å². The number of rotatable bonds is 3. The summed E-state index contributed by atoms with van der Waals surface area (Å²) >= 11 is 0. The summed E-state index contributed by atoms with van der Waals surface area (Å²) in [6, 6.07) is 10.9. The Balaban J connectivity index is 1.58. The number of hydrogen-bond acceptors (Lipinski definition) is 5. The van der Waals surface area contributed by atoms with Gasteiger partial charge in [0.1, 0.15) is 5.65 Å². The number of pyridine rings is 2. The Bertz CT molecular complexity index is 1140. The van der Waals surface area contributed by atoms with Crippen LogP contribution in [0.15, 0.2) is 48.9 Å². The fraction of sp³-hybridized carbons (Fsp3) is 0.273. The number of piperidine rings is 1. The summed E-state index contributed by atoms with van der Waals surface area (Å²) in [5.74, 6) is 0. The second-order valence-corrected chi connectivity index (χ2v) is 7.64. The molecule has 4 aromatic rings. The first-order valence-electron chi connectivity index (χ1n) is 9.75. The number of nitrogen functional groups attached to an aromatic ring is 1. The van der Waals surface area contributed by atoms with Crippen LogP contribution in [0.1, 0.15) is 12.8 Å². The van der Waals surface area contributed by atoms with E-state index < -0.39 is 0 Å². The van der Waals surface area contributed by atoms with Crippen molar-refractivity contribution >= 4 is 33.3 Å². The molecule has 6 heteroatoms. The van der Waals surface area contributed by atoms with Gasteiger partial charge < -0.3 is 20.9 Å². The van der Waals surface area contributed by atoms with Crippen LogP contribution >= 0.6 is 0 Å². The number of anilines is 2. The quantitative estimate of drug-likeness (QED) is 0.509. The van der Waals surface area contributed by atoms with Gasteiger partial charge in [-0.1, -0.05) is 6.07 Å². The van der Waals surface area contributed by atoms with Crippen molar-refractivity contribution in [2.75, 3.05) is 31.2 Å². The highest BCUT2D eigenvalue weighted by Gasteiger charge is 2.19. The molecule has 0 radical (unpaired) electrons. The van der Waals surface area contributed by atoms with Crippen molar-refractivity contribution in [2.45, 2.75) is 18.9 Å². The van der Waals surface area contributed by atoms with E-state index in [2.05, 4.69) is 56.5 Å². The molecule has 0 bridgehead atoms. The van der Waals surface area contributed by atoms with Gasteiger partial charge in [0.05, 0.1) is 23.1 Å². The molecule has 1 fully saturated rings. The maximum Gasteiger partial charge on any atom is 0.137 e. The van der Waals surface area contributed by atoms with Gasteiger partial charge in [-0.25, -0.2) is 4.98 Å². The molecule has 28 heavy (non-hydrogen) atoms. The number of fused-ring (bicyclic) bond motifs is 2. The minimum absolute atomic E-state index is 0.435. The molecule has 0 aliphatic carbocycles. The third-order valence-electron chi connectivity index (χ3n) is 5.73. The van der Waals surface area contributed by atoms with Gasteiger partial charge in [0.2, 0.25) is 0 Å². The summed E-state index contributed by atoms with van der Waals surface area (Å²) in [7, 11) is 2.18. The molecule has 0 unspecified atom stereocenters. The molecule has 4 N–H and O–H groups in total. The molecule has 4 heterocycles. The number of benzene rings is 1. The van der Waals surface area contributed by atoms with Crippen LogP contribution in [0, 0.1) is 0 Å². The summed E-state index contributed by atoms with van der Waals surface area (Å²) in [5.41, 5.74) is 12.2. The minimum atomic E-state index is 0.435. The van der Waals surface area contributed by atoms with Crippen molar-refractivity contribution < 1.29 is 0 Å². The third-order valence-corrected chi connectivity index (χ3v) is 5.73. The van der Waals surface area contributed by atoms with E-state index >= 15 is 0 Å². The molecule has 0 amide bonds. The number of nitrogens with two attached hydrogens (primary N) is 1. The second-order valence-electron chi connectivity index (χ2n) is 7.64. The zero-order chi connectivity index (χ0) is 19.1. The molecule has 1 aliphatic rings. The lowest BCUT2D eigenvalue weighted by Crippen LogP contribution is -2.36. The van der Waals surface area contributed by atoms with Crippen molar-refractivity contribution in [3.8, 4) is 11.1 Å². The fourth-order valence-corrected chi connectivity index (χ4v) is 4.09. The average molecular weight is 372 g/mol. The number of aromatic nitrogens is 3. The van der Waals surface area contributed by atoms with Crippen LogP contribution in [0.25, 0.3) is 33.1 Å². The molecule has 1 aromatic carbocycles. The maximum atomic E-state index is 6.34. The van der Waals surface area contributed by atoms with E-state index in [1.54, 1.807) is 12.4 Å². The Morgan fingerprint density at radius 1 is 1.14 bits per heavy atom. The van der Waals surface area contributed by atoms with E-state index in [9.17, 15) is 0 Å². The second kappa shape index (κ2) is 6.80. The number of aromatic amines is 1. The van der Waals surface area contributed by atoms with Crippen LogP contribution in [0.4, 0.5) is 11.4 Å². The highest BCUT2D eigenvalue weighted by Crippen LogP contribution is 2.35. The predicted octanol–water partition coefficient (Wildman–Crippen LogP) is 3.87. The predicted molar refractivity (Wildman–Crippen MR) is 115 cm³/mol. The van der Waals surface area contributed by atoms with Crippen LogP contribution in [0.5, 0.6) is 0 Å². The van der Waals surface area contributed by atoms with Crippen LogP contribution in [0.2, 0.25) is 0 Å². The molecule has 0 spiro atoms. The largest absolute Gasteiger partial charge is 0.396 e. The molecule has 1 saturated heterocycles. The number of likely N-dealkylation sites (tertiary alicyclic amines) is 1. The van der Waals surface area contributed by atoms with Gasteiger partial charge in [-0.05, 0) is 62.8 Å². The number of H-pyrrole nitrogens is 1. The molecular weight excluding hydrogens is 348 g/mol. The van der Waals surface area contributed by atoms with Crippen molar-refractivity contribution in [3.05, 3.63) is 48.9 Å². The first-order valence-corrected chi connectivity index (χ1v) is 9.75. The van der Waals surface area contributed by atoms with E-state index in [1.807, 2.05) is 12.3 Å². The van der Waals surface area contributed by atoms with Gasteiger partial charge in [-0.15, -0.1) is 0 Å². The van der Waals surface area contributed by atoms with E-state index in [4.69, 9.17) is 5.73 Å². The standard InChI is InChI=1S/C22H24N6/c1-28-9-6-15(7-10-28)27-21-17-11-14(4-5-20(17)25-13-19(21)23)18-12-26-22-16(18)3-2-8-24-22/h2-5,8,11-13,15H,6-7,9-10,23H2,1H3,(H,24,26)(H,25,27). The van der Waals surface area contributed by atoms with Gasteiger partial charge >= 0.3 is 0 Å². The zero-order valence-electron chi connectivity index (χ0n) is 15.9. The minimum Gasteiger partial charge on any atom is -0.396 e. The van der Waals surface area contributed by atoms with Gasteiger partial charge in [0, 0.05) is 34.8 Å². The van der Waals surface area contributed by atoms with E-state index in [-0.39, 0.29) is 0 Å². The van der Waals surface area contributed by atoms with Crippen molar-refractivity contribution in [2.24, 2.45) is 0 Å². The van der Waals surface area contributed by atoms with E-state index in [0.717, 1.165) is 64.7 Å². The number of hydrogen-bond donors (Lipinski definition) is 3. The normalized spacial score (nSPS) is 16.0. The zero-order valence-corrected chi connectivity index (χ0v) is 15.9. The van der Waals surface area contributed by atoms with Gasteiger partial charge in [0.25, 0.3) is 0 Å². The molecule has 0 atom stereocenters. The fourth-order valence-electron chi connectivity index (χ4n) is 4.09. The highest BCUT2D eigenvalue weighted by molar-refractivity contribution is 6.02. The summed E-state index contributed by atoms with van der Waals surface area (Å²) in [4.78, 5) is 14.6. The van der Waals surface area contributed by atoms with Crippen LogP contribution in [0.3, 0.4) is 0 Å². The summed E-state index contributed by atoms with van der Waals surface area (Å²) in [6.45, 7) is 2.21. The number of nitrogens with one attached hydrogen (secondary N) is 2. The lowest BCUT2D eigenvalue weighted by Gasteiger charge is -2.30. The summed E-state index contributed by atoms with van der Waals surface area (Å²) in [5, 5.41) is 5.89. The molecule has 142 valence electrons.